The highest BCUT2D eigenvalue weighted by Crippen LogP contribution is 2.46. The minimum absolute atomic E-state index is 0.0142. The largest absolute Gasteiger partial charge is 0.311 e. The molecule has 0 saturated carbocycles. The molecular formula is C54H40BN3. The Morgan fingerprint density at radius 2 is 0.966 bits per heavy atom. The molecule has 2 heterocycles. The van der Waals surface area contributed by atoms with E-state index in [9.17, 15) is 0 Å². The number of hydrogen-bond acceptors (Lipinski definition) is 3. The van der Waals surface area contributed by atoms with Gasteiger partial charge in [0.15, 0.2) is 0 Å². The van der Waals surface area contributed by atoms with Crippen LogP contribution < -0.4 is 31.1 Å². The Bertz CT molecular complexity index is 2810. The Morgan fingerprint density at radius 3 is 1.64 bits per heavy atom. The van der Waals surface area contributed by atoms with Crippen molar-refractivity contribution in [2.24, 2.45) is 0 Å². The van der Waals surface area contributed by atoms with Crippen molar-refractivity contribution in [2.45, 2.75) is 12.8 Å². The van der Waals surface area contributed by atoms with Crippen LogP contribution in [0, 0.1) is 0 Å². The number of fused-ring (bicyclic) bond motifs is 4. The van der Waals surface area contributed by atoms with E-state index in [0.717, 1.165) is 41.3 Å². The fourth-order valence-electron chi connectivity index (χ4n) is 9.25. The van der Waals surface area contributed by atoms with Crippen LogP contribution in [0.5, 0.6) is 0 Å². The molecule has 0 atom stereocenters. The van der Waals surface area contributed by atoms with Gasteiger partial charge in [-0.25, -0.2) is 0 Å². The van der Waals surface area contributed by atoms with E-state index in [1.54, 1.807) is 0 Å². The van der Waals surface area contributed by atoms with Gasteiger partial charge in [0.25, 0.3) is 6.71 Å². The number of benzene rings is 8. The summed E-state index contributed by atoms with van der Waals surface area (Å²) in [7, 11) is 0. The number of allylic oxidation sites excluding steroid dienone is 4. The molecule has 3 nitrogen and oxygen atoms in total. The first kappa shape index (κ1) is 34.0. The predicted molar refractivity (Wildman–Crippen MR) is 247 cm³/mol. The number of hydrogen-bond donors (Lipinski definition) is 0. The van der Waals surface area contributed by atoms with Gasteiger partial charge in [-0.15, -0.1) is 0 Å². The second-order valence-electron chi connectivity index (χ2n) is 15.2. The zero-order valence-corrected chi connectivity index (χ0v) is 32.1. The Kier molecular flexibility index (Phi) is 8.40. The van der Waals surface area contributed by atoms with Crippen LogP contribution in [0.3, 0.4) is 0 Å². The Labute approximate surface area is 341 Å². The molecule has 0 radical (unpaired) electrons. The number of rotatable bonds is 7. The van der Waals surface area contributed by atoms with E-state index in [1.807, 2.05) is 0 Å². The normalized spacial score (nSPS) is 13.7. The highest BCUT2D eigenvalue weighted by atomic mass is 15.2. The summed E-state index contributed by atoms with van der Waals surface area (Å²) in [5.74, 6) is 0. The van der Waals surface area contributed by atoms with Crippen molar-refractivity contribution in [3.05, 3.63) is 224 Å². The molecule has 0 aromatic heterocycles. The third-order valence-corrected chi connectivity index (χ3v) is 11.8. The van der Waals surface area contributed by atoms with Crippen LogP contribution in [0.1, 0.15) is 18.4 Å². The summed E-state index contributed by atoms with van der Waals surface area (Å²) in [5.41, 5.74) is 19.3. The molecule has 8 aromatic rings. The van der Waals surface area contributed by atoms with E-state index in [4.69, 9.17) is 0 Å². The smallest absolute Gasteiger partial charge is 0.252 e. The third-order valence-electron chi connectivity index (χ3n) is 11.8. The molecule has 58 heavy (non-hydrogen) atoms. The molecule has 11 rings (SSSR count). The van der Waals surface area contributed by atoms with Gasteiger partial charge in [0, 0.05) is 51.2 Å². The molecule has 4 heteroatoms. The maximum absolute atomic E-state index is 2.52. The lowest BCUT2D eigenvalue weighted by Gasteiger charge is -2.44. The zero-order chi connectivity index (χ0) is 38.4. The van der Waals surface area contributed by atoms with Crippen LogP contribution in [0.25, 0.3) is 16.7 Å². The summed E-state index contributed by atoms with van der Waals surface area (Å²) in [5, 5.41) is 0. The minimum atomic E-state index is 0.0142. The molecule has 0 spiro atoms. The van der Waals surface area contributed by atoms with Crippen molar-refractivity contribution in [3.8, 4) is 11.1 Å². The SMILES string of the molecule is C1=CC(c2cccc(N3c4cc(-c5ccccc5)ccc4B4c5ccc(N(c6ccccc6)c6ccccc6)cc5N(c5ccccc5)c5cccc3c54)c2)=CCC1. The molecule has 274 valence electrons. The van der Waals surface area contributed by atoms with Gasteiger partial charge in [-0.1, -0.05) is 140 Å². The molecule has 3 aliphatic rings. The van der Waals surface area contributed by atoms with E-state index in [2.05, 4.69) is 233 Å². The fourth-order valence-corrected chi connectivity index (χ4v) is 9.25. The van der Waals surface area contributed by atoms with E-state index < -0.39 is 0 Å². The molecule has 0 bridgehead atoms. The number of para-hydroxylation sites is 3. The second-order valence-corrected chi connectivity index (χ2v) is 15.2. The maximum atomic E-state index is 2.52. The van der Waals surface area contributed by atoms with Gasteiger partial charge in [0.05, 0.1) is 0 Å². The van der Waals surface area contributed by atoms with Gasteiger partial charge in [-0.3, -0.25) is 0 Å². The molecule has 0 N–H and O–H groups in total. The molecular weight excluding hydrogens is 701 g/mol. The van der Waals surface area contributed by atoms with Crippen LogP contribution in [0.4, 0.5) is 51.2 Å². The Morgan fingerprint density at radius 1 is 0.397 bits per heavy atom. The molecule has 1 aliphatic carbocycles. The first-order chi connectivity index (χ1) is 28.8. The van der Waals surface area contributed by atoms with Gasteiger partial charge in [-0.2, -0.15) is 0 Å². The standard InChI is InChI=1S/C54H40BN3/c1-6-18-39(19-7-1)41-22-16-29-46(36-41)58-51-31-17-30-50-54(51)55(48-34-32-42(37-52(48)58)40-20-8-2-9-21-40)49-35-33-47(38-53(49)57(50)45-27-14-5-15-28-45)56(43-23-10-3-11-24-43)44-25-12-4-13-26-44/h2-6,8-38H,1,7H2. The second kappa shape index (κ2) is 14.3. The summed E-state index contributed by atoms with van der Waals surface area (Å²) in [6, 6.07) is 73.2. The highest BCUT2D eigenvalue weighted by molar-refractivity contribution is 7.00. The van der Waals surface area contributed by atoms with Crippen LogP contribution in [-0.2, 0) is 0 Å². The first-order valence-electron chi connectivity index (χ1n) is 20.3. The maximum Gasteiger partial charge on any atom is 0.252 e. The van der Waals surface area contributed by atoms with Crippen molar-refractivity contribution >= 4 is 79.9 Å². The molecule has 8 aromatic carbocycles. The quantitative estimate of drug-likeness (QED) is 0.151. The van der Waals surface area contributed by atoms with Gasteiger partial charge in [0.1, 0.15) is 0 Å². The lowest BCUT2D eigenvalue weighted by atomic mass is 9.33. The zero-order valence-electron chi connectivity index (χ0n) is 32.1. The molecule has 0 unspecified atom stereocenters. The Balaban J connectivity index is 1.16. The van der Waals surface area contributed by atoms with E-state index >= 15 is 0 Å². The predicted octanol–water partition coefficient (Wildman–Crippen LogP) is 12.6. The van der Waals surface area contributed by atoms with Crippen LogP contribution >= 0.6 is 0 Å². The van der Waals surface area contributed by atoms with Crippen molar-refractivity contribution in [3.63, 3.8) is 0 Å². The van der Waals surface area contributed by atoms with E-state index in [1.165, 1.54) is 61.4 Å². The first-order valence-corrected chi connectivity index (χ1v) is 20.3. The Hall–Kier alpha value is -7.30. The van der Waals surface area contributed by atoms with Crippen LogP contribution in [-0.4, -0.2) is 6.71 Å². The van der Waals surface area contributed by atoms with Gasteiger partial charge in [-0.05, 0) is 130 Å². The van der Waals surface area contributed by atoms with Crippen LogP contribution in [0.15, 0.2) is 218 Å². The van der Waals surface area contributed by atoms with E-state index in [-0.39, 0.29) is 6.71 Å². The molecule has 0 saturated heterocycles. The third kappa shape index (κ3) is 5.76. The summed E-state index contributed by atoms with van der Waals surface area (Å²) in [4.78, 5) is 7.36. The monoisotopic (exact) mass is 741 g/mol. The van der Waals surface area contributed by atoms with Crippen molar-refractivity contribution in [2.75, 3.05) is 14.7 Å². The molecule has 2 aliphatic heterocycles. The summed E-state index contributed by atoms with van der Waals surface area (Å²) in [6.07, 6.45) is 9.11. The minimum Gasteiger partial charge on any atom is -0.311 e. The average molecular weight is 742 g/mol. The lowest BCUT2D eigenvalue weighted by molar-refractivity contribution is 1.04. The van der Waals surface area contributed by atoms with Gasteiger partial charge in [0.2, 0.25) is 0 Å². The van der Waals surface area contributed by atoms with Gasteiger partial charge >= 0.3 is 0 Å². The van der Waals surface area contributed by atoms with Crippen molar-refractivity contribution in [1.82, 2.24) is 0 Å². The van der Waals surface area contributed by atoms with Gasteiger partial charge < -0.3 is 14.7 Å². The number of nitrogens with zero attached hydrogens (tertiary/aromatic N) is 3. The number of anilines is 9. The van der Waals surface area contributed by atoms with Crippen molar-refractivity contribution < 1.29 is 0 Å². The van der Waals surface area contributed by atoms with Crippen LogP contribution in [0.2, 0.25) is 0 Å². The fraction of sp³-hybridized carbons (Fsp3) is 0.0370. The topological polar surface area (TPSA) is 9.72 Å². The summed E-state index contributed by atoms with van der Waals surface area (Å²) < 4.78 is 0. The summed E-state index contributed by atoms with van der Waals surface area (Å²) in [6.45, 7) is 0.0142. The highest BCUT2D eigenvalue weighted by Gasteiger charge is 2.43. The molecule has 0 fully saturated rings. The summed E-state index contributed by atoms with van der Waals surface area (Å²) >= 11 is 0. The average Bonchev–Trinajstić information content (AvgIpc) is 3.30. The molecule has 0 amide bonds. The lowest BCUT2D eigenvalue weighted by Crippen LogP contribution is -2.61. The van der Waals surface area contributed by atoms with E-state index in [0.29, 0.717) is 0 Å². The van der Waals surface area contributed by atoms with Crippen molar-refractivity contribution in [1.29, 1.82) is 0 Å².